The highest BCUT2D eigenvalue weighted by Gasteiger charge is 2.19. The molecule has 1 aromatic rings. The van der Waals surface area contributed by atoms with E-state index < -0.39 is 0 Å². The van der Waals surface area contributed by atoms with Crippen molar-refractivity contribution in [1.29, 1.82) is 0 Å². The van der Waals surface area contributed by atoms with E-state index in [1.165, 1.54) is 12.8 Å². The van der Waals surface area contributed by atoms with Gasteiger partial charge in [0.05, 0.1) is 18.6 Å². The van der Waals surface area contributed by atoms with Gasteiger partial charge in [-0.1, -0.05) is 43.2 Å². The highest BCUT2D eigenvalue weighted by Crippen LogP contribution is 2.20. The molecule has 21 heavy (non-hydrogen) atoms. The van der Waals surface area contributed by atoms with Crippen LogP contribution in [0.4, 0.5) is 0 Å². The van der Waals surface area contributed by atoms with Crippen molar-refractivity contribution in [3.63, 3.8) is 0 Å². The fourth-order valence-electron chi connectivity index (χ4n) is 2.66. The lowest BCUT2D eigenvalue weighted by molar-refractivity contribution is -0.122. The second kappa shape index (κ2) is 9.77. The Labute approximate surface area is 132 Å². The van der Waals surface area contributed by atoms with Gasteiger partial charge in [0.2, 0.25) is 5.91 Å². The van der Waals surface area contributed by atoms with Crippen molar-refractivity contribution in [3.8, 4) is 0 Å². The van der Waals surface area contributed by atoms with E-state index in [0.29, 0.717) is 25.8 Å². The van der Waals surface area contributed by atoms with E-state index >= 15 is 0 Å². The van der Waals surface area contributed by atoms with Crippen LogP contribution in [0.25, 0.3) is 0 Å². The van der Waals surface area contributed by atoms with Gasteiger partial charge in [-0.2, -0.15) is 0 Å². The topological polar surface area (TPSA) is 64.4 Å². The van der Waals surface area contributed by atoms with Crippen LogP contribution >= 0.6 is 12.4 Å². The van der Waals surface area contributed by atoms with E-state index in [0.717, 1.165) is 18.4 Å². The van der Waals surface area contributed by atoms with Crippen molar-refractivity contribution in [2.24, 2.45) is 5.73 Å². The molecule has 1 aliphatic carbocycles. The van der Waals surface area contributed by atoms with E-state index in [1.54, 1.807) is 0 Å². The van der Waals surface area contributed by atoms with Crippen molar-refractivity contribution in [3.05, 3.63) is 35.9 Å². The molecular formula is C16H25ClN2O2. The number of nitrogens with two attached hydrogens (primary N) is 1. The van der Waals surface area contributed by atoms with Crippen molar-refractivity contribution in [1.82, 2.24) is 5.32 Å². The molecule has 2 rings (SSSR count). The van der Waals surface area contributed by atoms with Crippen LogP contribution < -0.4 is 11.1 Å². The lowest BCUT2D eigenvalue weighted by Crippen LogP contribution is -2.35. The summed E-state index contributed by atoms with van der Waals surface area (Å²) >= 11 is 0. The molecule has 4 nitrogen and oxygen atoms in total. The largest absolute Gasteiger partial charge is 0.376 e. The first kappa shape index (κ1) is 18.0. The average Bonchev–Trinajstić information content (AvgIpc) is 2.99. The van der Waals surface area contributed by atoms with Gasteiger partial charge in [-0.3, -0.25) is 4.79 Å². The number of ether oxygens (including phenoxy) is 1. The second-order valence-electron chi connectivity index (χ2n) is 5.27. The highest BCUT2D eigenvalue weighted by atomic mass is 35.5. The fourth-order valence-corrected chi connectivity index (χ4v) is 2.66. The molecule has 0 aliphatic heterocycles. The van der Waals surface area contributed by atoms with Crippen LogP contribution in [0, 0.1) is 0 Å². The lowest BCUT2D eigenvalue weighted by Gasteiger charge is -2.16. The van der Waals surface area contributed by atoms with Gasteiger partial charge in [0, 0.05) is 13.1 Å². The fraction of sp³-hybridized carbons (Fsp3) is 0.562. The summed E-state index contributed by atoms with van der Waals surface area (Å²) in [6, 6.07) is 9.66. The van der Waals surface area contributed by atoms with E-state index in [1.807, 2.05) is 30.3 Å². The third-order valence-corrected chi connectivity index (χ3v) is 3.81. The van der Waals surface area contributed by atoms with Gasteiger partial charge in [0.1, 0.15) is 0 Å². The molecule has 1 aliphatic rings. The van der Waals surface area contributed by atoms with Gasteiger partial charge in [-0.25, -0.2) is 0 Å². The monoisotopic (exact) mass is 312 g/mol. The molecule has 0 saturated heterocycles. The Kier molecular flexibility index (Phi) is 8.35. The molecule has 1 aromatic carbocycles. The third kappa shape index (κ3) is 5.65. The van der Waals surface area contributed by atoms with Gasteiger partial charge in [-0.05, 0) is 18.4 Å². The highest BCUT2D eigenvalue weighted by molar-refractivity contribution is 5.85. The van der Waals surface area contributed by atoms with Crippen LogP contribution in [0.2, 0.25) is 0 Å². The number of halogens is 1. The van der Waals surface area contributed by atoms with Crippen molar-refractivity contribution in [2.45, 2.75) is 37.7 Å². The molecular weight excluding hydrogens is 288 g/mol. The van der Waals surface area contributed by atoms with E-state index in [-0.39, 0.29) is 24.2 Å². The summed E-state index contributed by atoms with van der Waals surface area (Å²) in [5.74, 6) is -0.295. The van der Waals surface area contributed by atoms with Crippen molar-refractivity contribution < 1.29 is 9.53 Å². The molecule has 1 saturated carbocycles. The predicted molar refractivity (Wildman–Crippen MR) is 86.7 cm³/mol. The van der Waals surface area contributed by atoms with Crippen molar-refractivity contribution >= 4 is 18.3 Å². The third-order valence-electron chi connectivity index (χ3n) is 3.81. The number of hydrogen-bond acceptors (Lipinski definition) is 3. The van der Waals surface area contributed by atoms with Gasteiger partial charge >= 0.3 is 0 Å². The van der Waals surface area contributed by atoms with Gasteiger partial charge < -0.3 is 15.8 Å². The molecule has 0 bridgehead atoms. The van der Waals surface area contributed by atoms with Crippen LogP contribution in [0.5, 0.6) is 0 Å². The molecule has 1 fully saturated rings. The molecule has 118 valence electrons. The normalized spacial score (nSPS) is 16.2. The molecule has 0 spiro atoms. The number of nitrogens with one attached hydrogen (secondary N) is 1. The standard InChI is InChI=1S/C16H24N2O2.ClH/c17-12-15(13-6-2-1-3-7-13)16(19)18-10-11-20-14-8-4-5-9-14;/h1-3,6-7,14-15H,4-5,8-12,17H2,(H,18,19);1H. The molecule has 5 heteroatoms. The molecule has 3 N–H and O–H groups in total. The first-order chi connectivity index (χ1) is 9.81. The van der Waals surface area contributed by atoms with Crippen molar-refractivity contribution in [2.75, 3.05) is 19.7 Å². The average molecular weight is 313 g/mol. The minimum atomic E-state index is -0.275. The Morgan fingerprint density at radius 1 is 1.29 bits per heavy atom. The van der Waals surface area contributed by atoms with Crippen LogP contribution in [0.1, 0.15) is 37.2 Å². The summed E-state index contributed by atoms with van der Waals surface area (Å²) in [6.45, 7) is 1.46. The lowest BCUT2D eigenvalue weighted by atomic mass is 9.98. The van der Waals surface area contributed by atoms with Crippen LogP contribution in [0.3, 0.4) is 0 Å². The minimum Gasteiger partial charge on any atom is -0.376 e. The maximum atomic E-state index is 12.1. The zero-order valence-corrected chi connectivity index (χ0v) is 13.1. The number of carbonyl (C=O) groups is 1. The van der Waals surface area contributed by atoms with Crippen LogP contribution in [0.15, 0.2) is 30.3 Å². The van der Waals surface area contributed by atoms with Gasteiger partial charge in [0.15, 0.2) is 0 Å². The second-order valence-corrected chi connectivity index (χ2v) is 5.27. The Balaban J connectivity index is 0.00000220. The van der Waals surface area contributed by atoms with Gasteiger partial charge in [-0.15, -0.1) is 12.4 Å². The van der Waals surface area contributed by atoms with E-state index in [2.05, 4.69) is 5.32 Å². The number of benzene rings is 1. The zero-order chi connectivity index (χ0) is 14.2. The first-order valence-electron chi connectivity index (χ1n) is 7.45. The molecule has 0 heterocycles. The summed E-state index contributed by atoms with van der Waals surface area (Å²) in [4.78, 5) is 12.1. The first-order valence-corrected chi connectivity index (χ1v) is 7.45. The Hall–Kier alpha value is -1.10. The van der Waals surface area contributed by atoms with E-state index in [4.69, 9.17) is 10.5 Å². The minimum absolute atomic E-state index is 0. The number of amides is 1. The van der Waals surface area contributed by atoms with Gasteiger partial charge in [0.25, 0.3) is 0 Å². The number of carbonyl (C=O) groups excluding carboxylic acids is 1. The number of rotatable bonds is 7. The molecule has 1 atom stereocenters. The quantitative estimate of drug-likeness (QED) is 0.759. The zero-order valence-electron chi connectivity index (χ0n) is 12.3. The molecule has 1 unspecified atom stereocenters. The van der Waals surface area contributed by atoms with Crippen LogP contribution in [-0.2, 0) is 9.53 Å². The molecule has 0 aromatic heterocycles. The summed E-state index contributed by atoms with van der Waals surface area (Å²) in [7, 11) is 0. The van der Waals surface area contributed by atoms with E-state index in [9.17, 15) is 4.79 Å². The Morgan fingerprint density at radius 3 is 2.57 bits per heavy atom. The summed E-state index contributed by atoms with van der Waals surface area (Å²) in [6.07, 6.45) is 5.24. The molecule has 1 amide bonds. The number of hydrogen-bond donors (Lipinski definition) is 2. The summed E-state index contributed by atoms with van der Waals surface area (Å²) in [5.41, 5.74) is 6.68. The smallest absolute Gasteiger partial charge is 0.228 e. The molecule has 0 radical (unpaired) electrons. The summed E-state index contributed by atoms with van der Waals surface area (Å²) < 4.78 is 5.73. The Morgan fingerprint density at radius 2 is 1.95 bits per heavy atom. The van der Waals surface area contributed by atoms with Crippen LogP contribution in [-0.4, -0.2) is 31.7 Å². The Bertz CT molecular complexity index is 408. The SMILES string of the molecule is Cl.NCC(C(=O)NCCOC1CCCC1)c1ccccc1. The maximum Gasteiger partial charge on any atom is 0.228 e. The predicted octanol–water partition coefficient (Wildman–Crippen LogP) is 2.23. The summed E-state index contributed by atoms with van der Waals surface area (Å²) in [5, 5.41) is 2.91. The maximum absolute atomic E-state index is 12.1.